The van der Waals surface area contributed by atoms with Gasteiger partial charge in [0, 0.05) is 24.2 Å². The van der Waals surface area contributed by atoms with Crippen LogP contribution in [0, 0.1) is 19.8 Å². The molecule has 0 radical (unpaired) electrons. The Kier molecular flexibility index (Phi) is 5.78. The Hall–Kier alpha value is -3.15. The molecule has 6 heteroatoms. The van der Waals surface area contributed by atoms with Crippen molar-refractivity contribution in [1.29, 1.82) is 0 Å². The average Bonchev–Trinajstić information content (AvgIpc) is 3.07. The second-order valence-corrected chi connectivity index (χ2v) is 7.19. The van der Waals surface area contributed by atoms with Crippen LogP contribution >= 0.6 is 0 Å². The van der Waals surface area contributed by atoms with Crippen molar-refractivity contribution in [3.8, 4) is 0 Å². The van der Waals surface area contributed by atoms with E-state index in [-0.39, 0.29) is 24.1 Å². The van der Waals surface area contributed by atoms with Crippen LogP contribution in [-0.4, -0.2) is 24.3 Å². The molecule has 0 aromatic heterocycles. The highest BCUT2D eigenvalue weighted by molar-refractivity contribution is 6.01. The maximum absolute atomic E-state index is 12.4. The summed E-state index contributed by atoms with van der Waals surface area (Å²) in [7, 11) is 0. The number of hydrazine groups is 1. The van der Waals surface area contributed by atoms with Crippen molar-refractivity contribution in [2.24, 2.45) is 5.92 Å². The summed E-state index contributed by atoms with van der Waals surface area (Å²) in [6.45, 7) is 6.18. The number of carbonyl (C=O) groups is 3. The number of nitrogens with one attached hydrogen (secondary N) is 2. The molecule has 28 heavy (non-hydrogen) atoms. The van der Waals surface area contributed by atoms with Crippen LogP contribution in [0.3, 0.4) is 0 Å². The fourth-order valence-corrected chi connectivity index (χ4v) is 3.40. The van der Waals surface area contributed by atoms with Crippen LogP contribution in [-0.2, 0) is 16.0 Å². The molecule has 0 bridgehead atoms. The van der Waals surface area contributed by atoms with E-state index < -0.39 is 5.92 Å². The summed E-state index contributed by atoms with van der Waals surface area (Å²) in [6, 6.07) is 13.3. The lowest BCUT2D eigenvalue weighted by atomic mass is 10.1. The van der Waals surface area contributed by atoms with Gasteiger partial charge < -0.3 is 4.90 Å². The molecule has 2 N–H and O–H groups in total. The molecule has 1 aliphatic rings. The summed E-state index contributed by atoms with van der Waals surface area (Å²) in [5.41, 5.74) is 9.30. The molecular weight excluding hydrogens is 354 g/mol. The van der Waals surface area contributed by atoms with Crippen molar-refractivity contribution in [3.63, 3.8) is 0 Å². The number of nitrogens with zero attached hydrogens (tertiary/aromatic N) is 1. The quantitative estimate of drug-likeness (QED) is 0.802. The first-order chi connectivity index (χ1) is 13.4. The van der Waals surface area contributed by atoms with Gasteiger partial charge >= 0.3 is 0 Å². The molecule has 6 nitrogen and oxygen atoms in total. The van der Waals surface area contributed by atoms with Gasteiger partial charge in [-0.3, -0.25) is 25.2 Å². The standard InChI is InChI=1S/C22H25N3O3/c1-4-16-6-8-18(9-7-16)25-13-17(12-20(25)26)21(27)23-24-22(28)19-10-5-14(2)11-15(19)3/h5-11,17H,4,12-13H2,1-3H3,(H,23,27)(H,24,28)/t17-/m0/s1. The molecule has 0 saturated carbocycles. The Bertz CT molecular complexity index is 906. The zero-order chi connectivity index (χ0) is 20.3. The van der Waals surface area contributed by atoms with Crippen molar-refractivity contribution in [2.75, 3.05) is 11.4 Å². The third kappa shape index (κ3) is 4.22. The van der Waals surface area contributed by atoms with Gasteiger partial charge in [0.05, 0.1) is 5.92 Å². The number of aryl methyl sites for hydroxylation is 3. The number of carbonyl (C=O) groups excluding carboxylic acids is 3. The van der Waals surface area contributed by atoms with E-state index >= 15 is 0 Å². The molecule has 0 unspecified atom stereocenters. The highest BCUT2D eigenvalue weighted by Crippen LogP contribution is 2.25. The summed E-state index contributed by atoms with van der Waals surface area (Å²) >= 11 is 0. The van der Waals surface area contributed by atoms with Crippen LogP contribution in [0.2, 0.25) is 0 Å². The maximum Gasteiger partial charge on any atom is 0.269 e. The molecule has 146 valence electrons. The predicted octanol–water partition coefficient (Wildman–Crippen LogP) is 2.68. The number of hydrogen-bond donors (Lipinski definition) is 2. The van der Waals surface area contributed by atoms with E-state index in [1.54, 1.807) is 11.0 Å². The molecule has 3 amide bonds. The third-order valence-electron chi connectivity index (χ3n) is 5.08. The van der Waals surface area contributed by atoms with Crippen LogP contribution < -0.4 is 15.8 Å². The monoisotopic (exact) mass is 379 g/mol. The zero-order valence-corrected chi connectivity index (χ0v) is 16.4. The minimum absolute atomic E-state index is 0.0925. The molecule has 2 aromatic rings. The first-order valence-electron chi connectivity index (χ1n) is 9.45. The molecule has 1 atom stereocenters. The predicted molar refractivity (Wildman–Crippen MR) is 108 cm³/mol. The average molecular weight is 379 g/mol. The van der Waals surface area contributed by atoms with E-state index in [1.807, 2.05) is 50.2 Å². The van der Waals surface area contributed by atoms with E-state index in [1.165, 1.54) is 5.56 Å². The van der Waals surface area contributed by atoms with E-state index in [0.717, 1.165) is 23.2 Å². The lowest BCUT2D eigenvalue weighted by Crippen LogP contribution is -2.45. The minimum atomic E-state index is -0.502. The molecule has 3 rings (SSSR count). The molecule has 1 fully saturated rings. The van der Waals surface area contributed by atoms with Crippen LogP contribution in [0.25, 0.3) is 0 Å². The van der Waals surface area contributed by atoms with Crippen molar-refractivity contribution >= 4 is 23.4 Å². The van der Waals surface area contributed by atoms with Gasteiger partial charge in [-0.05, 0) is 49.6 Å². The third-order valence-corrected chi connectivity index (χ3v) is 5.08. The van der Waals surface area contributed by atoms with Gasteiger partial charge in [-0.15, -0.1) is 0 Å². The second-order valence-electron chi connectivity index (χ2n) is 7.19. The molecular formula is C22H25N3O3. The van der Waals surface area contributed by atoms with Gasteiger partial charge in [0.25, 0.3) is 5.91 Å². The first kappa shape index (κ1) is 19.6. The van der Waals surface area contributed by atoms with E-state index in [2.05, 4.69) is 17.8 Å². The molecule has 0 aliphatic carbocycles. The summed E-state index contributed by atoms with van der Waals surface area (Å²) in [5, 5.41) is 0. The lowest BCUT2D eigenvalue weighted by molar-refractivity contribution is -0.126. The highest BCUT2D eigenvalue weighted by atomic mass is 16.2. The number of anilines is 1. The normalized spacial score (nSPS) is 16.2. The smallest absolute Gasteiger partial charge is 0.269 e. The van der Waals surface area contributed by atoms with Gasteiger partial charge in [0.1, 0.15) is 0 Å². The lowest BCUT2D eigenvalue weighted by Gasteiger charge is -2.17. The summed E-state index contributed by atoms with van der Waals surface area (Å²) in [4.78, 5) is 38.7. The zero-order valence-electron chi connectivity index (χ0n) is 16.4. The molecule has 1 aliphatic heterocycles. The van der Waals surface area contributed by atoms with Gasteiger partial charge in [-0.25, -0.2) is 0 Å². The number of benzene rings is 2. The SMILES string of the molecule is CCc1ccc(N2C[C@@H](C(=O)NNC(=O)c3ccc(C)cc3C)CC2=O)cc1. The molecule has 0 spiro atoms. The second kappa shape index (κ2) is 8.25. The largest absolute Gasteiger partial charge is 0.312 e. The topological polar surface area (TPSA) is 78.5 Å². The number of hydrogen-bond acceptors (Lipinski definition) is 3. The Morgan fingerprint density at radius 2 is 1.79 bits per heavy atom. The Morgan fingerprint density at radius 3 is 2.43 bits per heavy atom. The highest BCUT2D eigenvalue weighted by Gasteiger charge is 2.35. The number of rotatable bonds is 4. The van der Waals surface area contributed by atoms with Crippen LogP contribution in [0.4, 0.5) is 5.69 Å². The van der Waals surface area contributed by atoms with Gasteiger partial charge in [-0.1, -0.05) is 36.8 Å². The van der Waals surface area contributed by atoms with Crippen molar-refractivity contribution in [2.45, 2.75) is 33.6 Å². The maximum atomic E-state index is 12.4. The Balaban J connectivity index is 1.59. The van der Waals surface area contributed by atoms with Crippen molar-refractivity contribution in [1.82, 2.24) is 10.9 Å². The molecule has 2 aromatic carbocycles. The van der Waals surface area contributed by atoms with E-state index in [4.69, 9.17) is 0 Å². The minimum Gasteiger partial charge on any atom is -0.312 e. The number of amides is 3. The molecule has 1 heterocycles. The first-order valence-corrected chi connectivity index (χ1v) is 9.45. The fourth-order valence-electron chi connectivity index (χ4n) is 3.40. The van der Waals surface area contributed by atoms with Crippen LogP contribution in [0.15, 0.2) is 42.5 Å². The molecule has 1 saturated heterocycles. The van der Waals surface area contributed by atoms with Gasteiger partial charge in [0.2, 0.25) is 11.8 Å². The summed E-state index contributed by atoms with van der Waals surface area (Å²) < 4.78 is 0. The van der Waals surface area contributed by atoms with Crippen LogP contribution in [0.5, 0.6) is 0 Å². The van der Waals surface area contributed by atoms with E-state index in [0.29, 0.717) is 12.1 Å². The Morgan fingerprint density at radius 1 is 1.07 bits per heavy atom. The van der Waals surface area contributed by atoms with Crippen LogP contribution in [0.1, 0.15) is 40.4 Å². The van der Waals surface area contributed by atoms with E-state index in [9.17, 15) is 14.4 Å². The van der Waals surface area contributed by atoms with Crippen molar-refractivity contribution < 1.29 is 14.4 Å². The van der Waals surface area contributed by atoms with Gasteiger partial charge in [0.15, 0.2) is 0 Å². The summed E-state index contributed by atoms with van der Waals surface area (Å²) in [5.74, 6) is -1.33. The summed E-state index contributed by atoms with van der Waals surface area (Å²) in [6.07, 6.45) is 1.06. The van der Waals surface area contributed by atoms with Gasteiger partial charge in [-0.2, -0.15) is 0 Å². The Labute approximate surface area is 164 Å². The fraction of sp³-hybridized carbons (Fsp3) is 0.318. The van der Waals surface area contributed by atoms with Crippen molar-refractivity contribution in [3.05, 3.63) is 64.7 Å².